The molecule has 3 N–H and O–H groups in total. The molecule has 36 heavy (non-hydrogen) atoms. The summed E-state index contributed by atoms with van der Waals surface area (Å²) < 4.78 is 33.4. The number of hydrogen-bond acceptors (Lipinski definition) is 8. The SMILES string of the molecule is C=ICc1cc(-c2nc(NCCN(C)C)c3c(C)[nH]nc3n2)ccc1NS(=O)(=O)c1cc(C)ccn1. The molecule has 0 atom stereocenters. The van der Waals surface area contributed by atoms with E-state index in [1.807, 2.05) is 40.1 Å². The first-order valence-corrected chi connectivity index (χ1v) is 15.7. The zero-order chi connectivity index (χ0) is 25.9. The Hall–Kier alpha value is -2.97. The van der Waals surface area contributed by atoms with Crippen LogP contribution in [0.15, 0.2) is 41.6 Å². The molecule has 0 saturated heterocycles. The zero-order valence-electron chi connectivity index (χ0n) is 20.6. The number of pyridine rings is 1. The summed E-state index contributed by atoms with van der Waals surface area (Å²) in [6, 6.07) is 8.80. The quantitative estimate of drug-likeness (QED) is 0.181. The van der Waals surface area contributed by atoms with Crippen LogP contribution in [0.3, 0.4) is 0 Å². The molecule has 1 aromatic carbocycles. The Labute approximate surface area is 220 Å². The van der Waals surface area contributed by atoms with E-state index in [1.165, 1.54) is 6.20 Å². The van der Waals surface area contributed by atoms with Crippen molar-refractivity contribution in [3.8, 4) is 11.4 Å². The molecule has 0 bridgehead atoms. The minimum Gasteiger partial charge on any atom is -0.368 e. The number of halogens is 1. The second-order valence-corrected chi connectivity index (χ2v) is 12.1. The fourth-order valence-electron chi connectivity index (χ4n) is 3.62. The predicted octanol–water partition coefficient (Wildman–Crippen LogP) is 3.71. The van der Waals surface area contributed by atoms with Crippen LogP contribution in [0.2, 0.25) is 0 Å². The lowest BCUT2D eigenvalue weighted by molar-refractivity contribution is 0.425. The van der Waals surface area contributed by atoms with Crippen LogP contribution in [-0.2, 0) is 14.5 Å². The Kier molecular flexibility index (Phi) is 7.95. The number of H-pyrrole nitrogens is 1. The molecule has 4 rings (SSSR count). The van der Waals surface area contributed by atoms with Gasteiger partial charge in [0.25, 0.3) is 10.0 Å². The highest BCUT2D eigenvalue weighted by molar-refractivity contribution is 14.2. The van der Waals surface area contributed by atoms with Crippen LogP contribution in [0.1, 0.15) is 16.8 Å². The first kappa shape index (κ1) is 26.1. The summed E-state index contributed by atoms with van der Waals surface area (Å²) in [6.07, 6.45) is 1.49. The molecule has 0 aliphatic rings. The molecule has 0 spiro atoms. The number of nitrogens with one attached hydrogen (secondary N) is 3. The molecule has 0 saturated carbocycles. The average Bonchev–Trinajstić information content (AvgIpc) is 3.21. The van der Waals surface area contributed by atoms with Crippen molar-refractivity contribution in [2.45, 2.75) is 23.3 Å². The highest BCUT2D eigenvalue weighted by atomic mass is 127. The third-order valence-corrected chi connectivity index (χ3v) is 8.08. The number of aromatic amines is 1. The number of likely N-dealkylation sites (N-methyl/N-ethyl adjacent to an activating group) is 1. The van der Waals surface area contributed by atoms with Crippen LogP contribution >= 0.6 is 20.7 Å². The summed E-state index contributed by atoms with van der Waals surface area (Å²) in [6.45, 7) is 5.33. The van der Waals surface area contributed by atoms with Gasteiger partial charge in [0.2, 0.25) is 0 Å². The van der Waals surface area contributed by atoms with Gasteiger partial charge in [-0.15, -0.1) is 20.7 Å². The van der Waals surface area contributed by atoms with Gasteiger partial charge in [-0.1, -0.05) is 4.51 Å². The van der Waals surface area contributed by atoms with E-state index in [-0.39, 0.29) is 5.03 Å². The molecule has 0 aliphatic heterocycles. The normalized spacial score (nSPS) is 11.8. The Bertz CT molecular complexity index is 1520. The summed E-state index contributed by atoms with van der Waals surface area (Å²) in [5.41, 5.74) is 4.41. The third-order valence-electron chi connectivity index (χ3n) is 5.46. The van der Waals surface area contributed by atoms with Crippen molar-refractivity contribution in [3.63, 3.8) is 0 Å². The van der Waals surface area contributed by atoms with E-state index < -0.39 is 30.8 Å². The fraction of sp³-hybridized carbons (Fsp3) is 0.292. The Morgan fingerprint density at radius 3 is 2.67 bits per heavy atom. The molecule has 4 aromatic rings. The van der Waals surface area contributed by atoms with Crippen molar-refractivity contribution >= 4 is 57.8 Å². The number of anilines is 2. The fourth-order valence-corrected chi connectivity index (χ4v) is 5.97. The predicted molar refractivity (Wildman–Crippen MR) is 154 cm³/mol. The molecule has 3 aromatic heterocycles. The zero-order valence-corrected chi connectivity index (χ0v) is 23.6. The van der Waals surface area contributed by atoms with Gasteiger partial charge < -0.3 is 10.2 Å². The summed E-state index contributed by atoms with van der Waals surface area (Å²) >= 11 is -0.397. The van der Waals surface area contributed by atoms with Crippen LogP contribution in [0.25, 0.3) is 22.4 Å². The lowest BCUT2D eigenvalue weighted by Crippen LogP contribution is -2.21. The summed E-state index contributed by atoms with van der Waals surface area (Å²) in [7, 11) is 0.201. The number of rotatable bonds is 10. The number of alkyl halides is 1. The van der Waals surface area contributed by atoms with Crippen molar-refractivity contribution in [1.82, 2.24) is 30.0 Å². The van der Waals surface area contributed by atoms with Crippen molar-refractivity contribution in [2.24, 2.45) is 0 Å². The molecule has 3 heterocycles. The monoisotopic (exact) mass is 620 g/mol. The Morgan fingerprint density at radius 1 is 1.14 bits per heavy atom. The first-order chi connectivity index (χ1) is 17.2. The lowest BCUT2D eigenvalue weighted by Gasteiger charge is -2.14. The Balaban J connectivity index is 1.71. The molecule has 10 nitrogen and oxygen atoms in total. The van der Waals surface area contributed by atoms with Crippen molar-refractivity contribution in [2.75, 3.05) is 37.2 Å². The van der Waals surface area contributed by atoms with Gasteiger partial charge in [0, 0.05) is 35.0 Å². The molecule has 12 heteroatoms. The van der Waals surface area contributed by atoms with Gasteiger partial charge in [0.05, 0.1) is 11.1 Å². The van der Waals surface area contributed by atoms with Crippen LogP contribution in [0.4, 0.5) is 11.5 Å². The highest BCUT2D eigenvalue weighted by Gasteiger charge is 2.19. The highest BCUT2D eigenvalue weighted by Crippen LogP contribution is 2.30. The standard InChI is InChI=1S/C24H29IN8O2S/c1-15-8-9-26-20(12-15)36(34,35)32-19-7-6-17(13-18(19)14-25-3)22-28-23(27-10-11-33(4)5)21-16(2)30-31-24(21)29-22/h6-9,12-13,32H,3,10-11,14H2,1-2,4-5H3,(H2,27,28,29,30,31). The third kappa shape index (κ3) is 5.87. The van der Waals surface area contributed by atoms with E-state index in [4.69, 9.17) is 4.98 Å². The van der Waals surface area contributed by atoms with Crippen LogP contribution in [0.5, 0.6) is 0 Å². The number of fused-ring (bicyclic) bond motifs is 1. The number of aromatic nitrogens is 5. The van der Waals surface area contributed by atoms with Crippen LogP contribution in [-0.4, -0.2) is 70.2 Å². The second-order valence-electron chi connectivity index (χ2n) is 8.64. The van der Waals surface area contributed by atoms with Gasteiger partial charge in [0.15, 0.2) is 16.5 Å². The van der Waals surface area contributed by atoms with Gasteiger partial charge in [-0.25, -0.2) is 15.0 Å². The molecular weight excluding hydrogens is 591 g/mol. The maximum absolute atomic E-state index is 13.0. The minimum absolute atomic E-state index is 0.0158. The topological polar surface area (TPSA) is 129 Å². The molecule has 0 radical (unpaired) electrons. The van der Waals surface area contributed by atoms with Crippen molar-refractivity contribution in [1.29, 1.82) is 0 Å². The lowest BCUT2D eigenvalue weighted by atomic mass is 10.1. The number of aryl methyl sites for hydroxylation is 2. The molecule has 190 valence electrons. The van der Waals surface area contributed by atoms with E-state index in [9.17, 15) is 8.42 Å². The van der Waals surface area contributed by atoms with Crippen LogP contribution in [0, 0.1) is 13.8 Å². The maximum Gasteiger partial charge on any atom is 0.279 e. The molecule has 0 fully saturated rings. The van der Waals surface area contributed by atoms with E-state index in [0.717, 1.165) is 34.3 Å². The van der Waals surface area contributed by atoms with Crippen LogP contribution < -0.4 is 10.0 Å². The van der Waals surface area contributed by atoms with E-state index in [2.05, 4.69) is 39.6 Å². The van der Waals surface area contributed by atoms with Gasteiger partial charge >= 0.3 is 0 Å². The smallest absolute Gasteiger partial charge is 0.279 e. The molecule has 0 amide bonds. The molecular formula is C24H29IN8O2S. The van der Waals surface area contributed by atoms with E-state index in [0.29, 0.717) is 33.9 Å². The summed E-state index contributed by atoms with van der Waals surface area (Å²) in [5, 5.41) is 11.6. The number of benzene rings is 1. The summed E-state index contributed by atoms with van der Waals surface area (Å²) in [5.74, 6) is 1.23. The van der Waals surface area contributed by atoms with E-state index >= 15 is 0 Å². The van der Waals surface area contributed by atoms with Gasteiger partial charge in [-0.05, 0) is 69.4 Å². The average molecular weight is 621 g/mol. The largest absolute Gasteiger partial charge is 0.368 e. The maximum atomic E-state index is 13.0. The Morgan fingerprint density at radius 2 is 1.94 bits per heavy atom. The van der Waals surface area contributed by atoms with Gasteiger partial charge in [0.1, 0.15) is 5.82 Å². The second kappa shape index (κ2) is 11.0. The number of sulfonamides is 1. The first-order valence-electron chi connectivity index (χ1n) is 11.2. The van der Waals surface area contributed by atoms with Crippen molar-refractivity contribution in [3.05, 3.63) is 53.3 Å². The summed E-state index contributed by atoms with van der Waals surface area (Å²) in [4.78, 5) is 15.6. The molecule has 0 aliphatic carbocycles. The van der Waals surface area contributed by atoms with Gasteiger partial charge in [-0.2, -0.15) is 13.5 Å². The van der Waals surface area contributed by atoms with Gasteiger partial charge in [-0.3, -0.25) is 9.82 Å². The number of nitrogens with zero attached hydrogens (tertiary/aromatic N) is 5. The minimum atomic E-state index is -3.83. The molecule has 0 unspecified atom stereocenters. The number of hydrogen-bond donors (Lipinski definition) is 3. The van der Waals surface area contributed by atoms with E-state index in [1.54, 1.807) is 18.2 Å². The van der Waals surface area contributed by atoms with Crippen molar-refractivity contribution < 1.29 is 8.42 Å².